The quantitative estimate of drug-likeness (QED) is 0.646. The average Bonchev–Trinajstić information content (AvgIpc) is 2.67. The van der Waals surface area contributed by atoms with Crippen molar-refractivity contribution >= 4 is 0 Å². The molecule has 0 atom stereocenters. The molecule has 89 valence electrons. The minimum absolute atomic E-state index is 0. The van der Waals surface area contributed by atoms with Gasteiger partial charge in [-0.2, -0.15) is 0 Å². The summed E-state index contributed by atoms with van der Waals surface area (Å²) in [7, 11) is 0. The van der Waals surface area contributed by atoms with Crippen molar-refractivity contribution in [1.29, 1.82) is 0 Å². The van der Waals surface area contributed by atoms with E-state index >= 15 is 0 Å². The van der Waals surface area contributed by atoms with Gasteiger partial charge in [-0.15, -0.1) is 0 Å². The molecule has 0 amide bonds. The Labute approximate surface area is 113 Å². The number of allylic oxidation sites excluding steroid dienone is 8. The van der Waals surface area contributed by atoms with Gasteiger partial charge in [-0.1, -0.05) is 55.0 Å². The minimum Gasteiger partial charge on any atom is -0.0845 e. The molecule has 0 saturated carbocycles. The van der Waals surface area contributed by atoms with Gasteiger partial charge in [-0.3, -0.25) is 0 Å². The molecule has 0 aromatic rings. The van der Waals surface area contributed by atoms with Gasteiger partial charge in [0.05, 0.1) is 0 Å². The van der Waals surface area contributed by atoms with E-state index in [0.29, 0.717) is 0 Å². The summed E-state index contributed by atoms with van der Waals surface area (Å²) in [6.07, 6.45) is 22.3. The molecule has 0 aliphatic heterocycles. The Kier molecular flexibility index (Phi) is 5.44. The number of hydrogen-bond acceptors (Lipinski definition) is 0. The van der Waals surface area contributed by atoms with Crippen LogP contribution in [0.5, 0.6) is 0 Å². The van der Waals surface area contributed by atoms with Crippen LogP contribution in [0.15, 0.2) is 48.1 Å². The molecular weight excluding hydrogens is 372 g/mol. The van der Waals surface area contributed by atoms with Gasteiger partial charge in [0.2, 0.25) is 0 Å². The summed E-state index contributed by atoms with van der Waals surface area (Å²) >= 11 is 0. The minimum atomic E-state index is 0. The molecule has 1 radical (unpaired) electrons. The molecule has 16 heavy (non-hydrogen) atoms. The smallest absolute Gasteiger partial charge is 0.0277 e. The van der Waals surface area contributed by atoms with Crippen LogP contribution >= 0.6 is 0 Å². The second kappa shape index (κ2) is 6.37. The van der Waals surface area contributed by atoms with Gasteiger partial charge in [0.1, 0.15) is 0 Å². The van der Waals surface area contributed by atoms with Crippen LogP contribution in [0.2, 0.25) is 0 Å². The van der Waals surface area contributed by atoms with Gasteiger partial charge >= 0.3 is 0 Å². The van der Waals surface area contributed by atoms with Crippen molar-refractivity contribution in [2.24, 2.45) is 5.41 Å². The first-order valence-electron chi connectivity index (χ1n) is 6.11. The first-order valence-corrected chi connectivity index (χ1v) is 6.11. The largest absolute Gasteiger partial charge is 0.0845 e. The molecule has 0 N–H and O–H groups in total. The fourth-order valence-electron chi connectivity index (χ4n) is 2.52. The number of hydrogen-bond donors (Lipinski definition) is 0. The standard InChI is InChI=1S/C15H20.Ir/c1-2-15(12-8-9-13-15)14-10-6-4-3-5-7-11-14;/h4,6,8-10,12-13H,2-3,5,7,11H2,1H3;. The average molecular weight is 393 g/mol. The third-order valence-corrected chi connectivity index (χ3v) is 3.58. The molecule has 0 bridgehead atoms. The van der Waals surface area contributed by atoms with E-state index in [1.54, 1.807) is 5.57 Å². The van der Waals surface area contributed by atoms with Crippen LogP contribution in [0.25, 0.3) is 0 Å². The van der Waals surface area contributed by atoms with E-state index in [1.807, 2.05) is 0 Å². The van der Waals surface area contributed by atoms with Gasteiger partial charge < -0.3 is 0 Å². The summed E-state index contributed by atoms with van der Waals surface area (Å²) in [5, 5.41) is 0. The van der Waals surface area contributed by atoms with Crippen LogP contribution < -0.4 is 0 Å². The Bertz CT molecular complexity index is 319. The molecule has 0 spiro atoms. The molecule has 2 rings (SSSR count). The molecule has 2 aliphatic rings. The molecule has 1 heteroatoms. The van der Waals surface area contributed by atoms with Crippen LogP contribution in [0.4, 0.5) is 0 Å². The second-order valence-electron chi connectivity index (χ2n) is 4.48. The van der Waals surface area contributed by atoms with E-state index in [2.05, 4.69) is 49.5 Å². The molecule has 0 unspecified atom stereocenters. The van der Waals surface area contributed by atoms with E-state index in [0.717, 1.165) is 0 Å². The number of rotatable bonds is 2. The van der Waals surface area contributed by atoms with Crippen molar-refractivity contribution in [2.75, 3.05) is 0 Å². The molecular formula is C15H20Ir. The summed E-state index contributed by atoms with van der Waals surface area (Å²) in [4.78, 5) is 0. The van der Waals surface area contributed by atoms with Crippen molar-refractivity contribution in [2.45, 2.75) is 39.0 Å². The Hall–Kier alpha value is -0.391. The summed E-state index contributed by atoms with van der Waals surface area (Å²) in [6, 6.07) is 0. The van der Waals surface area contributed by atoms with Crippen LogP contribution in [-0.2, 0) is 20.1 Å². The first kappa shape index (κ1) is 13.7. The van der Waals surface area contributed by atoms with E-state index in [-0.39, 0.29) is 25.5 Å². The Morgan fingerprint density at radius 2 is 1.88 bits per heavy atom. The van der Waals surface area contributed by atoms with Crippen molar-refractivity contribution < 1.29 is 20.1 Å². The summed E-state index contributed by atoms with van der Waals surface area (Å²) < 4.78 is 0. The van der Waals surface area contributed by atoms with Crippen LogP contribution in [-0.4, -0.2) is 0 Å². The van der Waals surface area contributed by atoms with Crippen LogP contribution in [0.1, 0.15) is 39.0 Å². The second-order valence-corrected chi connectivity index (χ2v) is 4.48. The Morgan fingerprint density at radius 1 is 1.12 bits per heavy atom. The summed E-state index contributed by atoms with van der Waals surface area (Å²) in [6.45, 7) is 2.28. The van der Waals surface area contributed by atoms with Gasteiger partial charge in [0, 0.05) is 25.5 Å². The van der Waals surface area contributed by atoms with Crippen molar-refractivity contribution in [3.05, 3.63) is 48.1 Å². The van der Waals surface area contributed by atoms with Crippen molar-refractivity contribution in [3.8, 4) is 0 Å². The normalized spacial score (nSPS) is 22.2. The van der Waals surface area contributed by atoms with E-state index in [9.17, 15) is 0 Å². The SMILES string of the molecule is CCC1(C2=CC=CCCCC2)C=CC=C1.[Ir]. The molecule has 0 heterocycles. The van der Waals surface area contributed by atoms with E-state index in [4.69, 9.17) is 0 Å². The van der Waals surface area contributed by atoms with E-state index < -0.39 is 0 Å². The molecule has 0 aromatic carbocycles. The monoisotopic (exact) mass is 393 g/mol. The molecule has 2 aliphatic carbocycles. The fraction of sp³-hybridized carbons (Fsp3) is 0.467. The summed E-state index contributed by atoms with van der Waals surface area (Å²) in [5.41, 5.74) is 1.83. The molecule has 0 saturated heterocycles. The molecule has 0 nitrogen and oxygen atoms in total. The van der Waals surface area contributed by atoms with Crippen LogP contribution in [0.3, 0.4) is 0 Å². The molecule has 0 fully saturated rings. The zero-order valence-corrected chi connectivity index (χ0v) is 12.3. The predicted molar refractivity (Wildman–Crippen MR) is 66.7 cm³/mol. The molecule has 0 aromatic heterocycles. The predicted octanol–water partition coefficient (Wildman–Crippen LogP) is 4.56. The Balaban J connectivity index is 0.00000128. The van der Waals surface area contributed by atoms with Crippen molar-refractivity contribution in [3.63, 3.8) is 0 Å². The maximum absolute atomic E-state index is 2.36. The maximum Gasteiger partial charge on any atom is 0.0277 e. The van der Waals surface area contributed by atoms with Crippen LogP contribution in [0, 0.1) is 5.41 Å². The Morgan fingerprint density at radius 3 is 2.56 bits per heavy atom. The fourth-order valence-corrected chi connectivity index (χ4v) is 2.52. The third-order valence-electron chi connectivity index (χ3n) is 3.58. The van der Waals surface area contributed by atoms with Gasteiger partial charge in [0.25, 0.3) is 0 Å². The summed E-state index contributed by atoms with van der Waals surface area (Å²) in [5.74, 6) is 0. The first-order chi connectivity index (χ1) is 7.37. The topological polar surface area (TPSA) is 0 Å². The van der Waals surface area contributed by atoms with E-state index in [1.165, 1.54) is 32.1 Å². The third kappa shape index (κ3) is 2.84. The van der Waals surface area contributed by atoms with Gasteiger partial charge in [0.15, 0.2) is 0 Å². The zero-order chi connectivity index (χ0) is 10.6. The van der Waals surface area contributed by atoms with Gasteiger partial charge in [-0.05, 0) is 32.1 Å². The van der Waals surface area contributed by atoms with Gasteiger partial charge in [-0.25, -0.2) is 0 Å². The van der Waals surface area contributed by atoms with Crippen molar-refractivity contribution in [1.82, 2.24) is 0 Å². The zero-order valence-electron chi connectivity index (χ0n) is 9.91. The maximum atomic E-state index is 2.36.